The SMILES string of the molecule is CC(C)C(NCC(=O)Nc1cccc(F)c1)C(N)=O. The van der Waals surface area contributed by atoms with Crippen LogP contribution in [0.1, 0.15) is 13.8 Å². The van der Waals surface area contributed by atoms with Gasteiger partial charge < -0.3 is 11.1 Å². The van der Waals surface area contributed by atoms with E-state index in [9.17, 15) is 14.0 Å². The molecule has 19 heavy (non-hydrogen) atoms. The summed E-state index contributed by atoms with van der Waals surface area (Å²) >= 11 is 0. The number of primary amides is 1. The Kier molecular flexibility index (Phi) is 5.44. The first-order valence-electron chi connectivity index (χ1n) is 5.98. The number of carbonyl (C=O) groups is 2. The summed E-state index contributed by atoms with van der Waals surface area (Å²) in [6, 6.07) is 5.01. The molecule has 0 heterocycles. The molecule has 1 atom stereocenters. The van der Waals surface area contributed by atoms with Crippen LogP contribution >= 0.6 is 0 Å². The number of benzene rings is 1. The van der Waals surface area contributed by atoms with Crippen molar-refractivity contribution in [3.8, 4) is 0 Å². The molecule has 5 nitrogen and oxygen atoms in total. The van der Waals surface area contributed by atoms with E-state index in [2.05, 4.69) is 10.6 Å². The van der Waals surface area contributed by atoms with Crippen molar-refractivity contribution in [1.29, 1.82) is 0 Å². The zero-order chi connectivity index (χ0) is 14.4. The smallest absolute Gasteiger partial charge is 0.238 e. The van der Waals surface area contributed by atoms with Gasteiger partial charge in [0.1, 0.15) is 5.82 Å². The van der Waals surface area contributed by atoms with Crippen LogP contribution in [0.3, 0.4) is 0 Å². The van der Waals surface area contributed by atoms with E-state index in [0.717, 1.165) is 0 Å². The minimum absolute atomic E-state index is 0.0144. The maximum Gasteiger partial charge on any atom is 0.238 e. The first-order chi connectivity index (χ1) is 8.90. The van der Waals surface area contributed by atoms with Crippen LogP contribution in [0.25, 0.3) is 0 Å². The summed E-state index contributed by atoms with van der Waals surface area (Å²) in [4.78, 5) is 22.8. The van der Waals surface area contributed by atoms with Crippen LogP contribution in [-0.2, 0) is 9.59 Å². The number of hydrogen-bond donors (Lipinski definition) is 3. The summed E-state index contributed by atoms with van der Waals surface area (Å²) in [5.41, 5.74) is 5.58. The summed E-state index contributed by atoms with van der Waals surface area (Å²) in [6.45, 7) is 3.59. The van der Waals surface area contributed by atoms with Crippen LogP contribution in [0.5, 0.6) is 0 Å². The van der Waals surface area contributed by atoms with Crippen molar-refractivity contribution in [2.24, 2.45) is 11.7 Å². The second kappa shape index (κ2) is 6.84. The van der Waals surface area contributed by atoms with Gasteiger partial charge in [-0.3, -0.25) is 14.9 Å². The van der Waals surface area contributed by atoms with E-state index in [-0.39, 0.29) is 18.4 Å². The van der Waals surface area contributed by atoms with Gasteiger partial charge in [-0.1, -0.05) is 19.9 Å². The zero-order valence-electron chi connectivity index (χ0n) is 10.9. The van der Waals surface area contributed by atoms with Crippen molar-refractivity contribution < 1.29 is 14.0 Å². The molecule has 4 N–H and O–H groups in total. The third-order valence-electron chi connectivity index (χ3n) is 2.56. The molecule has 0 saturated carbocycles. The number of nitrogens with two attached hydrogens (primary N) is 1. The summed E-state index contributed by atoms with van der Waals surface area (Å²) in [7, 11) is 0. The second-order valence-electron chi connectivity index (χ2n) is 4.56. The van der Waals surface area contributed by atoms with Gasteiger partial charge in [-0.05, 0) is 24.1 Å². The van der Waals surface area contributed by atoms with E-state index >= 15 is 0 Å². The van der Waals surface area contributed by atoms with Crippen molar-refractivity contribution >= 4 is 17.5 Å². The van der Waals surface area contributed by atoms with Crippen molar-refractivity contribution in [2.45, 2.75) is 19.9 Å². The molecule has 1 rings (SSSR count). The van der Waals surface area contributed by atoms with Gasteiger partial charge in [0, 0.05) is 5.69 Å². The lowest BCUT2D eigenvalue weighted by molar-refractivity contribution is -0.121. The maximum absolute atomic E-state index is 12.9. The molecule has 1 aromatic rings. The molecule has 0 radical (unpaired) electrons. The highest BCUT2D eigenvalue weighted by molar-refractivity contribution is 5.92. The van der Waals surface area contributed by atoms with Gasteiger partial charge in [-0.25, -0.2) is 4.39 Å². The van der Waals surface area contributed by atoms with Crippen LogP contribution in [0.2, 0.25) is 0 Å². The van der Waals surface area contributed by atoms with Gasteiger partial charge in [-0.15, -0.1) is 0 Å². The Balaban J connectivity index is 2.50. The number of hydrogen-bond acceptors (Lipinski definition) is 3. The Morgan fingerprint density at radius 3 is 2.58 bits per heavy atom. The fraction of sp³-hybridized carbons (Fsp3) is 0.385. The molecular formula is C13H18FN3O2. The van der Waals surface area contributed by atoms with Crippen molar-refractivity contribution in [2.75, 3.05) is 11.9 Å². The molecule has 1 unspecified atom stereocenters. The standard InChI is InChI=1S/C13H18FN3O2/c1-8(2)12(13(15)19)16-7-11(18)17-10-5-3-4-9(14)6-10/h3-6,8,12,16H,7H2,1-2H3,(H2,15,19)(H,17,18). The zero-order valence-corrected chi connectivity index (χ0v) is 10.9. The molecule has 6 heteroatoms. The molecule has 104 valence electrons. The predicted molar refractivity (Wildman–Crippen MR) is 70.9 cm³/mol. The van der Waals surface area contributed by atoms with Crippen LogP contribution in [0.15, 0.2) is 24.3 Å². The van der Waals surface area contributed by atoms with Gasteiger partial charge in [0.25, 0.3) is 0 Å². The minimum Gasteiger partial charge on any atom is -0.368 e. The first-order valence-corrected chi connectivity index (χ1v) is 5.98. The highest BCUT2D eigenvalue weighted by Gasteiger charge is 2.19. The molecule has 0 fully saturated rings. The van der Waals surface area contributed by atoms with E-state index in [0.29, 0.717) is 5.69 Å². The van der Waals surface area contributed by atoms with Crippen molar-refractivity contribution in [1.82, 2.24) is 5.32 Å². The Bertz CT molecular complexity index is 463. The highest BCUT2D eigenvalue weighted by atomic mass is 19.1. The summed E-state index contributed by atoms with van der Waals surface area (Å²) in [6.07, 6.45) is 0. The third kappa shape index (κ3) is 5.05. The van der Waals surface area contributed by atoms with Crippen LogP contribution < -0.4 is 16.4 Å². The number of anilines is 1. The minimum atomic E-state index is -0.571. The molecule has 0 aliphatic carbocycles. The fourth-order valence-electron chi connectivity index (χ4n) is 1.64. The number of carbonyl (C=O) groups excluding carboxylic acids is 2. The maximum atomic E-state index is 12.9. The Morgan fingerprint density at radius 2 is 2.05 bits per heavy atom. The van der Waals surface area contributed by atoms with Gasteiger partial charge in [0.2, 0.25) is 11.8 Å². The van der Waals surface area contributed by atoms with E-state index in [4.69, 9.17) is 5.73 Å². The van der Waals surface area contributed by atoms with E-state index < -0.39 is 17.8 Å². The number of rotatable bonds is 6. The quantitative estimate of drug-likeness (QED) is 0.715. The fourth-order valence-corrected chi connectivity index (χ4v) is 1.64. The van der Waals surface area contributed by atoms with Crippen LogP contribution in [0.4, 0.5) is 10.1 Å². The molecule has 0 aliphatic rings. The Hall–Kier alpha value is -1.95. The average molecular weight is 267 g/mol. The summed E-state index contributed by atoms with van der Waals surface area (Å²) in [5.74, 6) is -1.31. The average Bonchev–Trinajstić information content (AvgIpc) is 2.27. The normalized spacial score (nSPS) is 12.2. The Morgan fingerprint density at radius 1 is 1.37 bits per heavy atom. The number of amides is 2. The lowest BCUT2D eigenvalue weighted by Crippen LogP contribution is -2.47. The van der Waals surface area contributed by atoms with E-state index in [1.54, 1.807) is 6.07 Å². The van der Waals surface area contributed by atoms with Gasteiger partial charge >= 0.3 is 0 Å². The number of nitrogens with one attached hydrogen (secondary N) is 2. The molecule has 0 aromatic heterocycles. The van der Waals surface area contributed by atoms with E-state index in [1.807, 2.05) is 13.8 Å². The first kappa shape index (κ1) is 15.1. The van der Waals surface area contributed by atoms with Crippen LogP contribution in [0, 0.1) is 11.7 Å². The topological polar surface area (TPSA) is 84.2 Å². The molecule has 1 aromatic carbocycles. The molecule has 2 amide bonds. The Labute approximate surface area is 111 Å². The van der Waals surface area contributed by atoms with Gasteiger partial charge in [-0.2, -0.15) is 0 Å². The molecule has 0 bridgehead atoms. The summed E-state index contributed by atoms with van der Waals surface area (Å²) in [5, 5.41) is 5.30. The van der Waals surface area contributed by atoms with Crippen molar-refractivity contribution in [3.05, 3.63) is 30.1 Å². The second-order valence-corrected chi connectivity index (χ2v) is 4.56. The predicted octanol–water partition coefficient (Wildman–Crippen LogP) is 0.864. The molecule has 0 spiro atoms. The largest absolute Gasteiger partial charge is 0.368 e. The molecule has 0 aliphatic heterocycles. The number of halogens is 1. The monoisotopic (exact) mass is 267 g/mol. The summed E-state index contributed by atoms with van der Waals surface area (Å²) < 4.78 is 12.9. The lowest BCUT2D eigenvalue weighted by atomic mass is 10.0. The van der Waals surface area contributed by atoms with E-state index in [1.165, 1.54) is 18.2 Å². The third-order valence-corrected chi connectivity index (χ3v) is 2.56. The van der Waals surface area contributed by atoms with Crippen molar-refractivity contribution in [3.63, 3.8) is 0 Å². The molecular weight excluding hydrogens is 249 g/mol. The van der Waals surface area contributed by atoms with Crippen LogP contribution in [-0.4, -0.2) is 24.4 Å². The lowest BCUT2D eigenvalue weighted by Gasteiger charge is -2.18. The highest BCUT2D eigenvalue weighted by Crippen LogP contribution is 2.08. The van der Waals surface area contributed by atoms with Gasteiger partial charge in [0.15, 0.2) is 0 Å². The molecule has 0 saturated heterocycles. The van der Waals surface area contributed by atoms with Gasteiger partial charge in [0.05, 0.1) is 12.6 Å².